The molecule has 1 aromatic heterocycles. The maximum Gasteiger partial charge on any atom is 0.269 e. The van der Waals surface area contributed by atoms with Gasteiger partial charge in [-0.15, -0.1) is 11.8 Å². The van der Waals surface area contributed by atoms with Crippen molar-refractivity contribution in [2.75, 3.05) is 12.3 Å². The molecule has 0 spiro atoms. The number of fused-ring (bicyclic) bond motifs is 1. The first-order chi connectivity index (χ1) is 20.3. The maximum atomic E-state index is 12.9. The molecule has 228 valence electrons. The number of carbonyl (C=O) groups is 2. The second-order valence-electron chi connectivity index (χ2n) is 9.00. The number of nitrogens with one attached hydrogen (secondary N) is 1. The Morgan fingerprint density at radius 2 is 1.76 bits per heavy atom. The molecule has 5 rings (SSSR count). The highest BCUT2D eigenvalue weighted by molar-refractivity contribution is 7.99. The van der Waals surface area contributed by atoms with Gasteiger partial charge in [-0.2, -0.15) is 5.10 Å². The Labute approximate surface area is 253 Å². The number of benzene rings is 1. The Morgan fingerprint density at radius 1 is 1.12 bits per heavy atom. The average molecular weight is 598 g/mol. The molecular formula is C32H44FN5O3S. The summed E-state index contributed by atoms with van der Waals surface area (Å²) >= 11 is 1.84. The first kappa shape index (κ1) is 36.1. The summed E-state index contributed by atoms with van der Waals surface area (Å²) < 4.78 is 18.6. The molecule has 10 heteroatoms. The molecule has 1 saturated carbocycles. The lowest BCUT2D eigenvalue weighted by Crippen LogP contribution is -2.26. The van der Waals surface area contributed by atoms with E-state index >= 15 is 0 Å². The lowest BCUT2D eigenvalue weighted by Gasteiger charge is -2.08. The second kappa shape index (κ2) is 21.8. The summed E-state index contributed by atoms with van der Waals surface area (Å²) in [4.78, 5) is 24.7. The molecule has 3 aliphatic rings. The number of hydrazone groups is 1. The lowest BCUT2D eigenvalue weighted by atomic mass is 10.0. The largest absolute Gasteiger partial charge is 0.439 e. The number of nitrogens with two attached hydrogens (primary N) is 2. The van der Waals surface area contributed by atoms with E-state index in [0.29, 0.717) is 23.6 Å². The van der Waals surface area contributed by atoms with Crippen molar-refractivity contribution in [1.82, 2.24) is 10.4 Å². The van der Waals surface area contributed by atoms with Crippen molar-refractivity contribution in [3.8, 4) is 11.6 Å². The van der Waals surface area contributed by atoms with Gasteiger partial charge in [-0.05, 0) is 37.1 Å². The van der Waals surface area contributed by atoms with Gasteiger partial charge in [-0.3, -0.25) is 9.59 Å². The van der Waals surface area contributed by atoms with Crippen LogP contribution >= 0.6 is 11.8 Å². The summed E-state index contributed by atoms with van der Waals surface area (Å²) in [5, 5.41) is 3.81. The first-order valence-electron chi connectivity index (χ1n) is 14.2. The molecule has 42 heavy (non-hydrogen) atoms. The van der Waals surface area contributed by atoms with Gasteiger partial charge in [0.2, 0.25) is 12.3 Å². The number of thioether (sulfide) groups is 1. The molecule has 1 fully saturated rings. The van der Waals surface area contributed by atoms with Crippen molar-refractivity contribution in [1.29, 1.82) is 0 Å². The number of rotatable bonds is 3. The highest BCUT2D eigenvalue weighted by Crippen LogP contribution is 2.35. The zero-order valence-electron chi connectivity index (χ0n) is 24.9. The summed E-state index contributed by atoms with van der Waals surface area (Å²) in [5.74, 6) is 1.42. The van der Waals surface area contributed by atoms with Crippen LogP contribution in [0.3, 0.4) is 0 Å². The molecule has 1 aromatic carbocycles. The fourth-order valence-electron chi connectivity index (χ4n) is 3.88. The number of pyridine rings is 1. The van der Waals surface area contributed by atoms with E-state index in [4.69, 9.17) is 15.3 Å². The number of amides is 2. The number of hydrogen-bond acceptors (Lipinski definition) is 7. The number of aromatic nitrogens is 1. The first-order valence-corrected chi connectivity index (χ1v) is 15.2. The van der Waals surface area contributed by atoms with E-state index in [0.717, 1.165) is 17.9 Å². The molecule has 0 bridgehead atoms. The Hall–Kier alpha value is -3.92. The average Bonchev–Trinajstić information content (AvgIpc) is 3.50. The van der Waals surface area contributed by atoms with Crippen molar-refractivity contribution in [2.45, 2.75) is 70.6 Å². The summed E-state index contributed by atoms with van der Waals surface area (Å²) in [7, 11) is 0. The number of hydrogen-bond donors (Lipinski definition) is 3. The summed E-state index contributed by atoms with van der Waals surface area (Å²) in [6, 6.07) is 7.47. The Balaban J connectivity index is 0.000000320. The standard InChI is InChI=1S/C14H12FNOS.C9H11N3O.C6H12.C2H6.CH3NO/c1-9-6-11(15)8-16-14(9)17-12-3-2-10-4-5-18-13(10)7-12;1-7-5-3-2-4-6-11-12-8(7)9(10)13;1-2-4-6-5-3-1;1-2;2-1-3/h2-3,6-8H,4-5H2,1H3;2-5,11H,1,6H2,(H2,10,13);1-6H2;1-2H3;1H,(H2,2,3)/b;4-2-,5-3-,12-8+;;;. The number of aryl methyl sites for hydroxylation is 2. The van der Waals surface area contributed by atoms with Crippen LogP contribution in [0.5, 0.6) is 11.6 Å². The van der Waals surface area contributed by atoms with E-state index in [1.807, 2.05) is 49.9 Å². The molecule has 0 radical (unpaired) electrons. The van der Waals surface area contributed by atoms with Crippen LogP contribution < -0.4 is 21.6 Å². The number of halogens is 1. The van der Waals surface area contributed by atoms with Crippen LogP contribution in [0.4, 0.5) is 4.39 Å². The van der Waals surface area contributed by atoms with Gasteiger partial charge < -0.3 is 21.6 Å². The van der Waals surface area contributed by atoms with Gasteiger partial charge in [-0.25, -0.2) is 9.37 Å². The topological polar surface area (TPSA) is 133 Å². The molecule has 0 atom stereocenters. The Morgan fingerprint density at radius 3 is 2.36 bits per heavy atom. The number of carbonyl (C=O) groups excluding carboxylic acids is 2. The summed E-state index contributed by atoms with van der Waals surface area (Å²) in [6.45, 7) is 10.0. The monoisotopic (exact) mass is 597 g/mol. The highest BCUT2D eigenvalue weighted by atomic mass is 32.2. The van der Waals surface area contributed by atoms with Crippen LogP contribution in [0.2, 0.25) is 0 Å². The van der Waals surface area contributed by atoms with Crippen molar-refractivity contribution >= 4 is 29.8 Å². The minimum Gasteiger partial charge on any atom is -0.439 e. The highest BCUT2D eigenvalue weighted by Gasteiger charge is 2.13. The fourth-order valence-corrected chi connectivity index (χ4v) is 4.97. The molecular weight excluding hydrogens is 553 g/mol. The van der Waals surface area contributed by atoms with Gasteiger partial charge in [0.15, 0.2) is 5.71 Å². The molecule has 2 aromatic rings. The minimum absolute atomic E-state index is 0.167. The van der Waals surface area contributed by atoms with Crippen LogP contribution in [-0.2, 0) is 16.0 Å². The Kier molecular flexibility index (Phi) is 18.7. The normalized spacial score (nSPS) is 17.5. The fraction of sp³-hybridized carbons (Fsp3) is 0.375. The number of allylic oxidation sites excluding steroid dienone is 3. The van der Waals surface area contributed by atoms with Gasteiger partial charge in [-0.1, -0.05) is 89.3 Å². The smallest absolute Gasteiger partial charge is 0.269 e. The number of ether oxygens (including phenoxy) is 1. The van der Waals surface area contributed by atoms with Crippen molar-refractivity contribution in [3.63, 3.8) is 0 Å². The van der Waals surface area contributed by atoms with E-state index in [1.54, 1.807) is 19.1 Å². The summed E-state index contributed by atoms with van der Waals surface area (Å²) in [5.41, 5.74) is 14.7. The third-order valence-electron chi connectivity index (χ3n) is 5.86. The molecule has 5 N–H and O–H groups in total. The van der Waals surface area contributed by atoms with Gasteiger partial charge >= 0.3 is 0 Å². The molecule has 2 amide bonds. The van der Waals surface area contributed by atoms with E-state index < -0.39 is 5.91 Å². The van der Waals surface area contributed by atoms with E-state index in [1.165, 1.54) is 61.2 Å². The molecule has 0 saturated heterocycles. The van der Waals surface area contributed by atoms with Gasteiger partial charge in [0.05, 0.1) is 12.7 Å². The van der Waals surface area contributed by atoms with Crippen LogP contribution in [0, 0.1) is 12.7 Å². The van der Waals surface area contributed by atoms with E-state index in [9.17, 15) is 9.18 Å². The third-order valence-corrected chi connectivity index (χ3v) is 6.96. The SMILES string of the molecule is C1CCCCC1.C=C1/C=C\C=C/CN/N=C\1C(N)=O.CC.Cc1cc(F)cnc1Oc1ccc2c(c1)SCC2.NC=O. The van der Waals surface area contributed by atoms with Crippen LogP contribution in [-0.4, -0.2) is 35.3 Å². The molecule has 2 aliphatic heterocycles. The third kappa shape index (κ3) is 14.1. The second-order valence-corrected chi connectivity index (χ2v) is 10.1. The zero-order valence-corrected chi connectivity index (χ0v) is 25.7. The number of primary amides is 2. The van der Waals surface area contributed by atoms with E-state index in [-0.39, 0.29) is 17.9 Å². The van der Waals surface area contributed by atoms with Crippen LogP contribution in [0.15, 0.2) is 76.9 Å². The van der Waals surface area contributed by atoms with Gasteiger partial charge in [0.1, 0.15) is 11.6 Å². The quantitative estimate of drug-likeness (QED) is 0.344. The molecule has 3 heterocycles. The summed E-state index contributed by atoms with van der Waals surface area (Å²) in [6.07, 6.45) is 18.7. The molecule has 1 aliphatic carbocycles. The zero-order chi connectivity index (χ0) is 31.2. The molecule has 0 unspecified atom stereocenters. The predicted molar refractivity (Wildman–Crippen MR) is 171 cm³/mol. The van der Waals surface area contributed by atoms with Crippen LogP contribution in [0.1, 0.15) is 63.5 Å². The predicted octanol–water partition coefficient (Wildman–Crippen LogP) is 6.54. The van der Waals surface area contributed by atoms with Gasteiger partial charge in [0, 0.05) is 21.8 Å². The van der Waals surface area contributed by atoms with Crippen molar-refractivity contribution in [2.24, 2.45) is 16.6 Å². The maximum absolute atomic E-state index is 12.9. The molecule has 8 nitrogen and oxygen atoms in total. The van der Waals surface area contributed by atoms with Crippen molar-refractivity contribution < 1.29 is 18.7 Å². The lowest BCUT2D eigenvalue weighted by molar-refractivity contribution is -0.112. The Bertz CT molecular complexity index is 1220. The van der Waals surface area contributed by atoms with Crippen molar-refractivity contribution in [3.05, 3.63) is 83.9 Å². The van der Waals surface area contributed by atoms with Gasteiger partial charge in [0.25, 0.3) is 5.91 Å². The van der Waals surface area contributed by atoms with E-state index in [2.05, 4.69) is 33.9 Å². The number of nitrogens with zero attached hydrogens (tertiary/aromatic N) is 2. The van der Waals surface area contributed by atoms with Crippen LogP contribution in [0.25, 0.3) is 0 Å². The minimum atomic E-state index is -0.580.